The summed E-state index contributed by atoms with van der Waals surface area (Å²) in [5.41, 5.74) is 0. The molecule has 0 rings (SSSR count). The second-order valence-corrected chi connectivity index (χ2v) is 22.7. The predicted molar refractivity (Wildman–Crippen MR) is 305 cm³/mol. The lowest BCUT2D eigenvalue weighted by atomic mass is 10.0. The maximum Gasteiger partial charge on any atom is 0.361 e. The Labute approximate surface area is 446 Å². The Bertz CT molecular complexity index is 1190. The minimum Gasteiger partial charge on any atom is -0.477 e. The van der Waals surface area contributed by atoms with Crippen LogP contribution in [0.5, 0.6) is 0 Å². The number of rotatable bonds is 59. The SMILES string of the molecule is CCCCCCCCCC/C=C\CCCCCCCCCCCCCCCCCCCCCCCCCCCCCCCC(=O)OC(COC(=O)CCCCCCCC)COC(OCC[N+](C)(C)C)C(=O)O. The molecule has 0 heterocycles. The second kappa shape index (κ2) is 55.3. The number of carboxylic acids is 1. The molecule has 0 aromatic carbocycles. The molecule has 1 N–H and O–H groups in total. The van der Waals surface area contributed by atoms with E-state index in [0.29, 0.717) is 17.4 Å². The molecule has 9 heteroatoms. The first-order valence-corrected chi connectivity index (χ1v) is 31.4. The minimum atomic E-state index is -1.50. The highest BCUT2D eigenvalue weighted by molar-refractivity contribution is 5.71. The van der Waals surface area contributed by atoms with Crippen molar-refractivity contribution in [1.29, 1.82) is 0 Å². The summed E-state index contributed by atoms with van der Waals surface area (Å²) in [6.45, 7) is 4.84. The summed E-state index contributed by atoms with van der Waals surface area (Å²) in [6, 6.07) is 0. The number of aliphatic carboxylic acids is 1. The Morgan fingerprint density at radius 2 is 0.708 bits per heavy atom. The van der Waals surface area contributed by atoms with Crippen molar-refractivity contribution in [1.82, 2.24) is 0 Å². The van der Waals surface area contributed by atoms with Crippen LogP contribution in [0.4, 0.5) is 0 Å². The molecule has 9 nitrogen and oxygen atoms in total. The van der Waals surface area contributed by atoms with E-state index in [-0.39, 0.29) is 38.2 Å². The van der Waals surface area contributed by atoms with E-state index >= 15 is 0 Å². The van der Waals surface area contributed by atoms with E-state index in [1.165, 1.54) is 250 Å². The van der Waals surface area contributed by atoms with Crippen LogP contribution in [0, 0.1) is 0 Å². The molecule has 0 fully saturated rings. The molecule has 0 radical (unpaired) electrons. The van der Waals surface area contributed by atoms with Crippen molar-refractivity contribution in [2.24, 2.45) is 0 Å². The number of ether oxygens (including phenoxy) is 4. The molecule has 0 saturated heterocycles. The molecule has 0 amide bonds. The third-order valence-electron chi connectivity index (χ3n) is 14.3. The molecule has 0 aromatic heterocycles. The number of carbonyl (C=O) groups excluding carboxylic acids is 2. The van der Waals surface area contributed by atoms with Crippen molar-refractivity contribution in [2.75, 3.05) is 47.5 Å². The van der Waals surface area contributed by atoms with Crippen molar-refractivity contribution in [3.63, 3.8) is 0 Å². The van der Waals surface area contributed by atoms with Gasteiger partial charge in [0.05, 0.1) is 34.4 Å². The lowest BCUT2D eigenvalue weighted by Crippen LogP contribution is -2.40. The molecular formula is C63H122NO8+. The summed E-state index contributed by atoms with van der Waals surface area (Å²) < 4.78 is 22.7. The number of allylic oxidation sites excluding steroid dienone is 2. The van der Waals surface area contributed by atoms with Gasteiger partial charge in [-0.3, -0.25) is 9.59 Å². The summed E-state index contributed by atoms with van der Waals surface area (Å²) in [5.74, 6) is -2.00. The summed E-state index contributed by atoms with van der Waals surface area (Å²) >= 11 is 0. The lowest BCUT2D eigenvalue weighted by molar-refractivity contribution is -0.870. The van der Waals surface area contributed by atoms with E-state index in [1.807, 2.05) is 21.1 Å². The first-order valence-electron chi connectivity index (χ1n) is 31.4. The second-order valence-electron chi connectivity index (χ2n) is 22.7. The Morgan fingerprint density at radius 1 is 0.403 bits per heavy atom. The fraction of sp³-hybridized carbons (Fsp3) is 0.921. The van der Waals surface area contributed by atoms with Gasteiger partial charge in [0, 0.05) is 12.8 Å². The number of hydrogen-bond acceptors (Lipinski definition) is 7. The first kappa shape index (κ1) is 70.0. The number of unbranched alkanes of at least 4 members (excludes halogenated alkanes) is 42. The molecule has 2 atom stereocenters. The van der Waals surface area contributed by atoms with E-state index in [9.17, 15) is 19.5 Å². The summed E-state index contributed by atoms with van der Waals surface area (Å²) in [7, 11) is 5.96. The molecule has 0 aromatic rings. The van der Waals surface area contributed by atoms with Crippen LogP contribution in [0.3, 0.4) is 0 Å². The van der Waals surface area contributed by atoms with Crippen molar-refractivity contribution in [2.45, 2.75) is 328 Å². The molecule has 0 aliphatic carbocycles. The fourth-order valence-corrected chi connectivity index (χ4v) is 9.42. The topological polar surface area (TPSA) is 108 Å². The van der Waals surface area contributed by atoms with Gasteiger partial charge in [0.15, 0.2) is 6.10 Å². The van der Waals surface area contributed by atoms with Crippen molar-refractivity contribution >= 4 is 17.9 Å². The first-order chi connectivity index (χ1) is 35.1. The van der Waals surface area contributed by atoms with Crippen LogP contribution in [0.1, 0.15) is 316 Å². The van der Waals surface area contributed by atoms with E-state index in [4.69, 9.17) is 18.9 Å². The highest BCUT2D eigenvalue weighted by atomic mass is 16.7. The largest absolute Gasteiger partial charge is 0.477 e. The van der Waals surface area contributed by atoms with Gasteiger partial charge in [-0.1, -0.05) is 276 Å². The Balaban J connectivity index is 3.72. The normalized spacial score (nSPS) is 12.7. The highest BCUT2D eigenvalue weighted by Crippen LogP contribution is 2.18. The van der Waals surface area contributed by atoms with Gasteiger partial charge in [0.25, 0.3) is 6.29 Å². The molecule has 2 unspecified atom stereocenters. The predicted octanol–water partition coefficient (Wildman–Crippen LogP) is 18.5. The van der Waals surface area contributed by atoms with Crippen molar-refractivity contribution in [3.8, 4) is 0 Å². The Morgan fingerprint density at radius 3 is 1.03 bits per heavy atom. The standard InChI is InChI=1S/C63H121NO8/c1-6-8-10-12-14-15-16-17-18-19-20-21-22-23-24-25-26-27-28-29-30-31-32-33-34-35-36-37-38-39-40-41-42-43-44-45-46-47-48-50-52-54-61(66)72-59(57-70-60(65)53-51-49-13-11-9-7-2)58-71-63(62(67)68)69-56-55-64(3,4)5/h19-20,59,63H,6-18,21-58H2,1-5H3/p+1/b20-19-. The molecule has 0 spiro atoms. The van der Waals surface area contributed by atoms with Gasteiger partial charge >= 0.3 is 17.9 Å². The molecule has 0 aliphatic rings. The maximum absolute atomic E-state index is 12.8. The zero-order chi connectivity index (χ0) is 52.7. The van der Waals surface area contributed by atoms with Gasteiger partial charge in [-0.05, 0) is 38.5 Å². The monoisotopic (exact) mass is 1020 g/mol. The number of quaternary nitrogens is 1. The number of hydrogen-bond donors (Lipinski definition) is 1. The number of carbonyl (C=O) groups is 3. The molecule has 72 heavy (non-hydrogen) atoms. The van der Waals surface area contributed by atoms with E-state index in [1.54, 1.807) is 0 Å². The smallest absolute Gasteiger partial charge is 0.361 e. The number of carboxylic acid groups (broad SMARTS) is 1. The lowest BCUT2D eigenvalue weighted by Gasteiger charge is -2.25. The molecule has 0 aliphatic heterocycles. The molecule has 426 valence electrons. The number of nitrogens with zero attached hydrogens (tertiary/aromatic N) is 1. The third-order valence-corrected chi connectivity index (χ3v) is 14.3. The number of esters is 2. The van der Waals surface area contributed by atoms with Gasteiger partial charge in [0.2, 0.25) is 0 Å². The van der Waals surface area contributed by atoms with Gasteiger partial charge in [-0.15, -0.1) is 0 Å². The van der Waals surface area contributed by atoms with Gasteiger partial charge < -0.3 is 28.5 Å². The summed E-state index contributed by atoms with van der Waals surface area (Å²) in [5, 5.41) is 9.63. The van der Waals surface area contributed by atoms with Crippen molar-refractivity contribution in [3.05, 3.63) is 12.2 Å². The maximum atomic E-state index is 12.8. The Kier molecular flexibility index (Phi) is 53.8. The van der Waals surface area contributed by atoms with E-state index in [0.717, 1.165) is 38.5 Å². The van der Waals surface area contributed by atoms with Crippen LogP contribution in [0.2, 0.25) is 0 Å². The molecular weight excluding hydrogens is 899 g/mol. The minimum absolute atomic E-state index is 0.176. The third kappa shape index (κ3) is 55.8. The van der Waals surface area contributed by atoms with Gasteiger partial charge in [-0.2, -0.15) is 0 Å². The van der Waals surface area contributed by atoms with Crippen molar-refractivity contribution < 1.29 is 42.9 Å². The van der Waals surface area contributed by atoms with Crippen LogP contribution in [0.15, 0.2) is 12.2 Å². The molecule has 0 saturated carbocycles. The van der Waals surface area contributed by atoms with Crippen LogP contribution in [-0.2, 0) is 33.3 Å². The average Bonchev–Trinajstić information content (AvgIpc) is 3.35. The fourth-order valence-electron chi connectivity index (χ4n) is 9.42. The van der Waals surface area contributed by atoms with Crippen LogP contribution in [0.25, 0.3) is 0 Å². The highest BCUT2D eigenvalue weighted by Gasteiger charge is 2.25. The van der Waals surface area contributed by atoms with Gasteiger partial charge in [-0.25, -0.2) is 4.79 Å². The summed E-state index contributed by atoms with van der Waals surface area (Å²) in [4.78, 5) is 37.0. The summed E-state index contributed by atoms with van der Waals surface area (Å²) in [6.07, 6.45) is 62.5. The van der Waals surface area contributed by atoms with Crippen LogP contribution in [-0.4, -0.2) is 87.4 Å². The van der Waals surface area contributed by atoms with Crippen LogP contribution < -0.4 is 0 Å². The Hall–Kier alpha value is -1.97. The zero-order valence-electron chi connectivity index (χ0n) is 48.6. The molecule has 0 bridgehead atoms. The van der Waals surface area contributed by atoms with E-state index < -0.39 is 18.4 Å². The quantitative estimate of drug-likeness (QED) is 0.0211. The number of likely N-dealkylation sites (N-methyl/N-ethyl adjacent to an activating group) is 1. The van der Waals surface area contributed by atoms with Crippen LogP contribution >= 0.6 is 0 Å². The van der Waals surface area contributed by atoms with Gasteiger partial charge in [0.1, 0.15) is 13.2 Å². The zero-order valence-corrected chi connectivity index (χ0v) is 48.6. The average molecular weight is 1020 g/mol. The van der Waals surface area contributed by atoms with E-state index in [2.05, 4.69) is 26.0 Å².